The van der Waals surface area contributed by atoms with Crippen LogP contribution in [0.2, 0.25) is 0 Å². The zero-order valence-corrected chi connectivity index (χ0v) is 21.7. The van der Waals surface area contributed by atoms with E-state index in [4.69, 9.17) is 42.2 Å². The number of carbonyl (C=O) groups is 1. The molecule has 1 aliphatic rings. The summed E-state index contributed by atoms with van der Waals surface area (Å²) in [7, 11) is -2.86. The first-order valence-electron chi connectivity index (χ1n) is 11.2. The molecule has 0 bridgehead atoms. The van der Waals surface area contributed by atoms with Crippen LogP contribution in [0.1, 0.15) is 25.1 Å². The highest BCUT2D eigenvalue weighted by Gasteiger charge is 2.39. The predicted molar refractivity (Wildman–Crippen MR) is 138 cm³/mol. The average Bonchev–Trinajstić information content (AvgIpc) is 3.44. The van der Waals surface area contributed by atoms with E-state index in [1.54, 1.807) is 41.1 Å². The number of aliphatic hydroxyl groups excluding tert-OH is 1. The summed E-state index contributed by atoms with van der Waals surface area (Å²) in [5.74, 6) is -0.201. The number of nitrogens with two attached hydrogens (primary N) is 2. The van der Waals surface area contributed by atoms with E-state index in [0.29, 0.717) is 16.6 Å². The van der Waals surface area contributed by atoms with E-state index < -0.39 is 38.2 Å². The number of anilines is 1. The SMILES string of the molecule is COC(=O)[C@H](C)NP(=O)(OC[C@@H]1C[C@@H](O)[C@H](n2cc(C(N)=S)c3c(N)ncnc32)O1)Oc1ccccc1. The molecule has 0 radical (unpaired) electrons. The van der Waals surface area contributed by atoms with E-state index in [-0.39, 0.29) is 29.6 Å². The van der Waals surface area contributed by atoms with Gasteiger partial charge in [0.25, 0.3) is 0 Å². The molecule has 13 nitrogen and oxygen atoms in total. The van der Waals surface area contributed by atoms with Gasteiger partial charge in [-0.2, -0.15) is 5.09 Å². The maximum absolute atomic E-state index is 13.5. The molecule has 1 aliphatic heterocycles. The monoisotopic (exact) mass is 550 g/mol. The van der Waals surface area contributed by atoms with Gasteiger partial charge in [-0.05, 0) is 19.1 Å². The molecule has 1 fully saturated rings. The lowest BCUT2D eigenvalue weighted by atomic mass is 10.2. The van der Waals surface area contributed by atoms with Crippen LogP contribution in [0.15, 0.2) is 42.9 Å². The first-order valence-corrected chi connectivity index (χ1v) is 13.2. The molecule has 0 amide bonds. The van der Waals surface area contributed by atoms with Gasteiger partial charge < -0.3 is 35.1 Å². The lowest BCUT2D eigenvalue weighted by molar-refractivity contribution is -0.142. The average molecular weight is 551 g/mol. The van der Waals surface area contributed by atoms with Gasteiger partial charge in [-0.25, -0.2) is 14.5 Å². The second kappa shape index (κ2) is 11.1. The fourth-order valence-electron chi connectivity index (χ4n) is 3.93. The van der Waals surface area contributed by atoms with Crippen molar-refractivity contribution in [3.05, 3.63) is 48.4 Å². The van der Waals surface area contributed by atoms with Gasteiger partial charge in [0.1, 0.15) is 40.7 Å². The van der Waals surface area contributed by atoms with Crippen LogP contribution >= 0.6 is 20.0 Å². The minimum atomic E-state index is -4.07. The molecule has 6 N–H and O–H groups in total. The fraction of sp³-hybridized carbons (Fsp3) is 0.364. The summed E-state index contributed by atoms with van der Waals surface area (Å²) in [4.78, 5) is 20.2. The Hall–Kier alpha value is -3.13. The number of hydrogen-bond donors (Lipinski definition) is 4. The van der Waals surface area contributed by atoms with Crippen molar-refractivity contribution in [1.82, 2.24) is 19.6 Å². The second-order valence-electron chi connectivity index (χ2n) is 8.30. The number of benzene rings is 1. The first kappa shape index (κ1) is 26.9. The molecule has 2 aromatic heterocycles. The van der Waals surface area contributed by atoms with Crippen LogP contribution in [-0.4, -0.2) is 62.6 Å². The van der Waals surface area contributed by atoms with E-state index in [0.717, 1.165) is 0 Å². The third kappa shape index (κ3) is 5.90. The van der Waals surface area contributed by atoms with Crippen molar-refractivity contribution in [2.45, 2.75) is 37.8 Å². The van der Waals surface area contributed by atoms with Crippen molar-refractivity contribution >= 4 is 47.8 Å². The minimum Gasteiger partial charge on any atom is -0.468 e. The number of esters is 1. The van der Waals surface area contributed by atoms with Gasteiger partial charge in [-0.15, -0.1) is 0 Å². The highest BCUT2D eigenvalue weighted by Crippen LogP contribution is 2.46. The number of hydrogen-bond acceptors (Lipinski definition) is 11. The van der Waals surface area contributed by atoms with Gasteiger partial charge in [0.05, 0.1) is 25.2 Å². The number of aliphatic hydroxyl groups is 1. The van der Waals surface area contributed by atoms with Gasteiger partial charge >= 0.3 is 13.7 Å². The van der Waals surface area contributed by atoms with Crippen LogP contribution < -0.4 is 21.1 Å². The first-order chi connectivity index (χ1) is 17.6. The van der Waals surface area contributed by atoms with Gasteiger partial charge in [0.2, 0.25) is 0 Å². The number of nitrogen functional groups attached to an aromatic ring is 1. The smallest absolute Gasteiger partial charge is 0.459 e. The molecule has 3 aromatic rings. The van der Waals surface area contributed by atoms with Gasteiger partial charge in [-0.1, -0.05) is 30.4 Å². The van der Waals surface area contributed by atoms with Crippen molar-refractivity contribution in [3.8, 4) is 5.75 Å². The molecule has 0 spiro atoms. The van der Waals surface area contributed by atoms with Crippen LogP contribution in [0, 0.1) is 0 Å². The number of nitrogens with one attached hydrogen (secondary N) is 1. The number of aromatic nitrogens is 3. The standard InChI is InChI=1S/C22H27N6O7PS/c1-12(22(30)32-2)27-36(31,35-13-6-4-3-5-7-13)33-10-14-8-16(29)21(34-14)28-9-15(19(24)37)17-18(23)25-11-26-20(17)28/h3-7,9,11-12,14,16,21,29H,8,10H2,1-2H3,(H2,24,37)(H,27,31)(H2,23,25,26)/t12-,14-,16+,21+,36?/m0/s1. The molecule has 15 heteroatoms. The molecule has 5 atom stereocenters. The predicted octanol–water partition coefficient (Wildman–Crippen LogP) is 1.65. The summed E-state index contributed by atoms with van der Waals surface area (Å²) in [6, 6.07) is 7.36. The number of fused-ring (bicyclic) bond motifs is 1. The Morgan fingerprint density at radius 2 is 2.11 bits per heavy atom. The quantitative estimate of drug-likeness (QED) is 0.162. The van der Waals surface area contributed by atoms with Crippen molar-refractivity contribution in [1.29, 1.82) is 0 Å². The van der Waals surface area contributed by atoms with Gasteiger partial charge in [0, 0.05) is 18.2 Å². The summed E-state index contributed by atoms with van der Waals surface area (Å²) >= 11 is 5.13. The van der Waals surface area contributed by atoms with Crippen LogP contribution in [0.3, 0.4) is 0 Å². The molecule has 4 rings (SSSR count). The second-order valence-corrected chi connectivity index (χ2v) is 10.4. The zero-order chi connectivity index (χ0) is 26.7. The molecular weight excluding hydrogens is 523 g/mol. The summed E-state index contributed by atoms with van der Waals surface area (Å²) in [5, 5.41) is 13.8. The topological polar surface area (TPSA) is 186 Å². The largest absolute Gasteiger partial charge is 0.468 e. The van der Waals surface area contributed by atoms with E-state index >= 15 is 0 Å². The third-order valence-electron chi connectivity index (χ3n) is 5.65. The molecule has 198 valence electrons. The molecular formula is C22H27N6O7PS. The summed E-state index contributed by atoms with van der Waals surface area (Å²) in [5.41, 5.74) is 12.7. The van der Waals surface area contributed by atoms with Gasteiger partial charge in [0.15, 0.2) is 6.23 Å². The van der Waals surface area contributed by atoms with E-state index in [2.05, 4.69) is 15.1 Å². The van der Waals surface area contributed by atoms with Crippen molar-refractivity contribution in [2.75, 3.05) is 19.5 Å². The number of methoxy groups -OCH3 is 1. The zero-order valence-electron chi connectivity index (χ0n) is 20.0. The maximum atomic E-state index is 13.5. The fourth-order valence-corrected chi connectivity index (χ4v) is 5.61. The van der Waals surface area contributed by atoms with Crippen LogP contribution in [0.25, 0.3) is 11.0 Å². The Bertz CT molecular complexity index is 1340. The Kier molecular flexibility index (Phi) is 8.07. The van der Waals surface area contributed by atoms with E-state index in [1.807, 2.05) is 0 Å². The van der Waals surface area contributed by atoms with Gasteiger partial charge in [-0.3, -0.25) is 9.32 Å². The highest BCUT2D eigenvalue weighted by atomic mass is 32.1. The Morgan fingerprint density at radius 1 is 1.38 bits per heavy atom. The maximum Gasteiger partial charge on any atom is 0.459 e. The van der Waals surface area contributed by atoms with Crippen molar-refractivity contribution in [3.63, 3.8) is 0 Å². The van der Waals surface area contributed by atoms with Crippen LogP contribution in [0.4, 0.5) is 5.82 Å². The molecule has 37 heavy (non-hydrogen) atoms. The Balaban J connectivity index is 1.52. The van der Waals surface area contributed by atoms with Crippen molar-refractivity contribution < 1.29 is 33.0 Å². The molecule has 1 saturated heterocycles. The van der Waals surface area contributed by atoms with Crippen molar-refractivity contribution in [2.24, 2.45) is 5.73 Å². The lowest BCUT2D eigenvalue weighted by Crippen LogP contribution is -2.35. The van der Waals surface area contributed by atoms with E-state index in [9.17, 15) is 14.5 Å². The van der Waals surface area contributed by atoms with E-state index in [1.165, 1.54) is 20.4 Å². The molecule has 0 saturated carbocycles. The number of nitrogens with zero attached hydrogens (tertiary/aromatic N) is 3. The molecule has 0 aliphatic carbocycles. The van der Waals surface area contributed by atoms with Crippen LogP contribution in [-0.2, 0) is 23.4 Å². The normalized spacial score (nSPS) is 21.9. The number of rotatable bonds is 10. The molecule has 3 heterocycles. The Labute approximate surface area is 217 Å². The number of ether oxygens (including phenoxy) is 2. The summed E-state index contributed by atoms with van der Waals surface area (Å²) in [6.45, 7) is 1.24. The number of thiocarbonyl (C=S) groups is 1. The summed E-state index contributed by atoms with van der Waals surface area (Å²) < 4.78 is 37.1. The summed E-state index contributed by atoms with van der Waals surface area (Å²) in [6.07, 6.45) is 0.474. The van der Waals surface area contributed by atoms with Crippen LogP contribution in [0.5, 0.6) is 5.75 Å². The molecule has 1 aromatic carbocycles. The molecule has 1 unspecified atom stereocenters. The lowest BCUT2D eigenvalue weighted by Gasteiger charge is -2.24. The number of carbonyl (C=O) groups excluding carboxylic acids is 1. The number of para-hydroxylation sites is 1. The minimum absolute atomic E-state index is 0.0856. The Morgan fingerprint density at radius 3 is 2.78 bits per heavy atom. The third-order valence-corrected chi connectivity index (χ3v) is 7.51. The highest BCUT2D eigenvalue weighted by molar-refractivity contribution is 7.80.